The largest absolute Gasteiger partial charge is 0.497 e. The van der Waals surface area contributed by atoms with Crippen LogP contribution in [0.2, 0.25) is 5.02 Å². The molecule has 164 valence electrons. The fourth-order valence-corrected chi connectivity index (χ4v) is 5.99. The van der Waals surface area contributed by atoms with Gasteiger partial charge >= 0.3 is 0 Å². The normalized spacial score (nSPS) is 13.0. The third kappa shape index (κ3) is 6.04. The zero-order valence-electron chi connectivity index (χ0n) is 16.6. The molecule has 3 rings (SSSR count). The van der Waals surface area contributed by atoms with Crippen LogP contribution in [0.25, 0.3) is 0 Å². The maximum atomic E-state index is 13.3. The van der Waals surface area contributed by atoms with Gasteiger partial charge in [0.1, 0.15) is 11.0 Å². The van der Waals surface area contributed by atoms with E-state index < -0.39 is 25.1 Å². The topological polar surface area (TPSA) is 102 Å². The third-order valence-electron chi connectivity index (χ3n) is 4.58. The number of nitrogens with zero attached hydrogens (tertiary/aromatic N) is 1. The summed E-state index contributed by atoms with van der Waals surface area (Å²) in [5.74, 6) is 0.215. The Morgan fingerprint density at radius 1 is 1.00 bits per heavy atom. The van der Waals surface area contributed by atoms with Crippen molar-refractivity contribution in [3.63, 3.8) is 0 Å². The highest BCUT2D eigenvalue weighted by Crippen LogP contribution is 2.29. The van der Waals surface area contributed by atoms with E-state index in [1.54, 1.807) is 36.4 Å². The second kappa shape index (κ2) is 9.78. The van der Waals surface area contributed by atoms with Gasteiger partial charge in [-0.3, -0.25) is 4.98 Å². The predicted octanol–water partition coefficient (Wildman–Crippen LogP) is 3.38. The molecule has 1 aromatic heterocycles. The molecule has 0 saturated heterocycles. The summed E-state index contributed by atoms with van der Waals surface area (Å²) < 4.78 is 59.4. The van der Waals surface area contributed by atoms with Gasteiger partial charge in [-0.1, -0.05) is 29.8 Å². The van der Waals surface area contributed by atoms with Crippen molar-refractivity contribution in [2.75, 3.05) is 13.7 Å². The SMILES string of the molecule is COc1ccc(S(=O)(=O)C(CNS(=O)(=O)Cc2ccc(Cl)cc2)c2cccnc2)cc1. The number of halogens is 1. The van der Waals surface area contributed by atoms with Crippen molar-refractivity contribution in [1.29, 1.82) is 0 Å². The summed E-state index contributed by atoms with van der Waals surface area (Å²) in [6, 6.07) is 15.6. The van der Waals surface area contributed by atoms with Crippen molar-refractivity contribution < 1.29 is 21.6 Å². The van der Waals surface area contributed by atoms with E-state index in [9.17, 15) is 16.8 Å². The Morgan fingerprint density at radius 2 is 1.68 bits per heavy atom. The second-order valence-electron chi connectivity index (χ2n) is 6.73. The van der Waals surface area contributed by atoms with Gasteiger partial charge < -0.3 is 4.74 Å². The fourth-order valence-electron chi connectivity index (χ4n) is 2.96. The summed E-state index contributed by atoms with van der Waals surface area (Å²) >= 11 is 5.84. The lowest BCUT2D eigenvalue weighted by Gasteiger charge is -2.19. The Morgan fingerprint density at radius 3 is 2.26 bits per heavy atom. The summed E-state index contributed by atoms with van der Waals surface area (Å²) in [5, 5.41) is -0.661. The van der Waals surface area contributed by atoms with Gasteiger partial charge in [0.2, 0.25) is 10.0 Å². The quantitative estimate of drug-likeness (QED) is 0.503. The highest BCUT2D eigenvalue weighted by atomic mass is 35.5. The number of pyridine rings is 1. The van der Waals surface area contributed by atoms with Gasteiger partial charge in [-0.05, 0) is 53.6 Å². The van der Waals surface area contributed by atoms with Crippen LogP contribution in [0.5, 0.6) is 5.75 Å². The molecule has 0 fully saturated rings. The molecule has 0 aliphatic rings. The predicted molar refractivity (Wildman–Crippen MR) is 119 cm³/mol. The van der Waals surface area contributed by atoms with Gasteiger partial charge in [-0.15, -0.1) is 0 Å². The van der Waals surface area contributed by atoms with Gasteiger partial charge in [0, 0.05) is 24.0 Å². The Labute approximate surface area is 187 Å². The third-order valence-corrected chi connectivity index (χ3v) is 8.27. The molecule has 0 radical (unpaired) electrons. The molecule has 0 amide bonds. The van der Waals surface area contributed by atoms with Gasteiger partial charge in [-0.25, -0.2) is 21.6 Å². The molecule has 1 atom stereocenters. The van der Waals surface area contributed by atoms with Crippen LogP contribution in [0.4, 0.5) is 0 Å². The molecule has 0 spiro atoms. The molecular formula is C21H21ClN2O5S2. The van der Waals surface area contributed by atoms with Gasteiger partial charge in [0.15, 0.2) is 9.84 Å². The average molecular weight is 481 g/mol. The zero-order valence-corrected chi connectivity index (χ0v) is 19.0. The van der Waals surface area contributed by atoms with Crippen molar-refractivity contribution in [2.24, 2.45) is 0 Å². The van der Waals surface area contributed by atoms with E-state index >= 15 is 0 Å². The molecule has 1 N–H and O–H groups in total. The molecule has 0 saturated carbocycles. The fraction of sp³-hybridized carbons (Fsp3) is 0.190. The summed E-state index contributed by atoms with van der Waals surface area (Å²) in [6.07, 6.45) is 2.94. The van der Waals surface area contributed by atoms with Gasteiger partial charge in [0.25, 0.3) is 0 Å². The summed E-state index contributed by atoms with van der Waals surface area (Å²) in [7, 11) is -6.24. The zero-order chi connectivity index (χ0) is 22.5. The Balaban J connectivity index is 1.86. The van der Waals surface area contributed by atoms with Crippen LogP contribution in [-0.2, 0) is 25.6 Å². The Bertz CT molecular complexity index is 1220. The number of hydrogen-bond donors (Lipinski definition) is 1. The van der Waals surface area contributed by atoms with Crippen LogP contribution < -0.4 is 9.46 Å². The first-order valence-electron chi connectivity index (χ1n) is 9.21. The standard InChI is InChI=1S/C21H21ClN2O5S2/c1-29-19-8-10-20(11-9-19)31(27,28)21(17-3-2-12-23-13-17)14-24-30(25,26)15-16-4-6-18(22)7-5-16/h2-13,21,24H,14-15H2,1H3. The first kappa shape index (κ1) is 23.2. The number of methoxy groups -OCH3 is 1. The molecule has 7 nitrogen and oxygen atoms in total. The van der Waals surface area contributed by atoms with E-state index in [1.165, 1.54) is 43.8 Å². The smallest absolute Gasteiger partial charge is 0.215 e. The molecular weight excluding hydrogens is 460 g/mol. The highest BCUT2D eigenvalue weighted by molar-refractivity contribution is 7.92. The van der Waals surface area contributed by atoms with E-state index in [1.807, 2.05) is 0 Å². The van der Waals surface area contributed by atoms with Crippen LogP contribution in [-0.4, -0.2) is 35.5 Å². The molecule has 31 heavy (non-hydrogen) atoms. The van der Waals surface area contributed by atoms with Crippen LogP contribution >= 0.6 is 11.6 Å². The van der Waals surface area contributed by atoms with E-state index in [-0.39, 0.29) is 17.2 Å². The molecule has 0 aliphatic heterocycles. The van der Waals surface area contributed by atoms with Gasteiger partial charge in [-0.2, -0.15) is 0 Å². The number of ether oxygens (including phenoxy) is 1. The van der Waals surface area contributed by atoms with Crippen molar-refractivity contribution in [2.45, 2.75) is 15.9 Å². The van der Waals surface area contributed by atoms with Crippen molar-refractivity contribution >= 4 is 31.5 Å². The number of rotatable bonds is 9. The van der Waals surface area contributed by atoms with Crippen molar-refractivity contribution in [3.8, 4) is 5.75 Å². The number of benzene rings is 2. The average Bonchev–Trinajstić information content (AvgIpc) is 2.76. The van der Waals surface area contributed by atoms with E-state index in [0.717, 1.165) is 0 Å². The molecule has 3 aromatic rings. The number of sulfone groups is 1. The van der Waals surface area contributed by atoms with Gasteiger partial charge in [0.05, 0.1) is 17.8 Å². The molecule has 2 aromatic carbocycles. The molecule has 10 heteroatoms. The minimum atomic E-state index is -3.92. The minimum Gasteiger partial charge on any atom is -0.497 e. The number of hydrogen-bond acceptors (Lipinski definition) is 6. The first-order chi connectivity index (χ1) is 14.7. The Kier molecular flexibility index (Phi) is 7.32. The van der Waals surface area contributed by atoms with Crippen LogP contribution in [0.3, 0.4) is 0 Å². The van der Waals surface area contributed by atoms with Crippen molar-refractivity contribution in [3.05, 3.63) is 89.2 Å². The maximum Gasteiger partial charge on any atom is 0.215 e. The van der Waals surface area contributed by atoms with E-state index in [2.05, 4.69) is 9.71 Å². The van der Waals surface area contributed by atoms with E-state index in [4.69, 9.17) is 16.3 Å². The second-order valence-corrected chi connectivity index (χ2v) is 11.1. The molecule has 1 heterocycles. The monoisotopic (exact) mass is 480 g/mol. The minimum absolute atomic E-state index is 0.0547. The maximum absolute atomic E-state index is 13.3. The molecule has 0 bridgehead atoms. The summed E-state index contributed by atoms with van der Waals surface area (Å²) in [5.41, 5.74) is 0.917. The Hall–Kier alpha value is -2.46. The lowest BCUT2D eigenvalue weighted by molar-refractivity contribution is 0.414. The molecule has 1 unspecified atom stereocenters. The number of aromatic nitrogens is 1. The number of nitrogens with one attached hydrogen (secondary N) is 1. The van der Waals surface area contributed by atoms with Crippen LogP contribution in [0.1, 0.15) is 16.4 Å². The van der Waals surface area contributed by atoms with Crippen LogP contribution in [0, 0.1) is 0 Å². The summed E-state index contributed by atoms with van der Waals surface area (Å²) in [4.78, 5) is 4.04. The lowest BCUT2D eigenvalue weighted by atomic mass is 10.2. The first-order valence-corrected chi connectivity index (χ1v) is 12.8. The highest BCUT2D eigenvalue weighted by Gasteiger charge is 2.30. The van der Waals surface area contributed by atoms with Crippen molar-refractivity contribution in [1.82, 2.24) is 9.71 Å². The molecule has 0 aliphatic carbocycles. The summed E-state index contributed by atoms with van der Waals surface area (Å²) in [6.45, 7) is -0.337. The number of sulfonamides is 1. The van der Waals surface area contributed by atoms with E-state index in [0.29, 0.717) is 21.9 Å². The lowest BCUT2D eigenvalue weighted by Crippen LogP contribution is -2.32. The van der Waals surface area contributed by atoms with Crippen LogP contribution in [0.15, 0.2) is 78.0 Å².